The number of pyridine rings is 4. The zero-order chi connectivity index (χ0) is 20.5. The summed E-state index contributed by atoms with van der Waals surface area (Å²) in [6.07, 6.45) is 3.14. The molecule has 0 aliphatic carbocycles. The molecule has 0 aliphatic rings. The number of carbonyl (C=O) groups is 2. The first-order valence-corrected chi connectivity index (χ1v) is 9.33. The van der Waals surface area contributed by atoms with E-state index in [1.807, 2.05) is 24.3 Å². The van der Waals surface area contributed by atoms with Crippen LogP contribution in [0.5, 0.6) is 0 Å². The average Bonchev–Trinajstić information content (AvgIpc) is 2.83. The van der Waals surface area contributed by atoms with Crippen LogP contribution in [0.15, 0.2) is 85.2 Å². The number of rotatable bonds is 4. The molecule has 0 bridgehead atoms. The monoisotopic (exact) mass is 585 g/mol. The minimum Gasteiger partial charge on any atom is -0.285 e. The van der Waals surface area contributed by atoms with Crippen molar-refractivity contribution in [3.8, 4) is 0 Å². The van der Waals surface area contributed by atoms with Gasteiger partial charge < -0.3 is 0 Å². The van der Waals surface area contributed by atoms with Gasteiger partial charge in [-0.1, -0.05) is 36.4 Å². The van der Waals surface area contributed by atoms with Crippen LogP contribution in [0.25, 0.3) is 21.8 Å². The van der Waals surface area contributed by atoms with Gasteiger partial charge in [0.25, 0.3) is 0 Å². The molecule has 0 radical (unpaired) electrons. The summed E-state index contributed by atoms with van der Waals surface area (Å²) >= 11 is 0. The van der Waals surface area contributed by atoms with Gasteiger partial charge in [-0.05, 0) is 36.4 Å². The summed E-state index contributed by atoms with van der Waals surface area (Å²) in [6, 6.07) is 21.2. The largest absolute Gasteiger partial charge is 0.285 e. The molecule has 0 N–H and O–H groups in total. The maximum Gasteiger partial charge on any atom is 0.229 e. The molecule has 31 heavy (non-hydrogen) atoms. The van der Waals surface area contributed by atoms with Crippen LogP contribution in [0.1, 0.15) is 32.4 Å². The Morgan fingerprint density at radius 1 is 0.516 bits per heavy atom. The summed E-state index contributed by atoms with van der Waals surface area (Å²) in [5.74, 6) is -0.537. The van der Waals surface area contributed by atoms with Gasteiger partial charge in [0, 0.05) is 44.2 Å². The Kier molecular flexibility index (Phi) is 5.74. The van der Waals surface area contributed by atoms with Gasteiger partial charge in [0.2, 0.25) is 11.6 Å². The second-order valence-corrected chi connectivity index (χ2v) is 6.69. The number of hydrogen-bond acceptors (Lipinski definition) is 6. The third kappa shape index (κ3) is 3.90. The zero-order valence-electron chi connectivity index (χ0n) is 16.0. The van der Waals surface area contributed by atoms with E-state index in [1.54, 1.807) is 60.9 Å². The van der Waals surface area contributed by atoms with Gasteiger partial charge in [0.1, 0.15) is 22.8 Å². The maximum atomic E-state index is 12.8. The molecule has 7 heteroatoms. The van der Waals surface area contributed by atoms with E-state index in [1.165, 1.54) is 0 Å². The zero-order valence-corrected chi connectivity index (χ0v) is 18.3. The summed E-state index contributed by atoms with van der Waals surface area (Å²) in [4.78, 5) is 42.9. The number of benzene rings is 1. The summed E-state index contributed by atoms with van der Waals surface area (Å²) in [5.41, 5.74) is 2.32. The normalized spacial score (nSPS) is 10.6. The molecule has 0 amide bonds. The molecule has 0 spiro atoms. The first-order chi connectivity index (χ1) is 14.7. The smallest absolute Gasteiger partial charge is 0.229 e. The van der Waals surface area contributed by atoms with Crippen molar-refractivity contribution in [1.29, 1.82) is 0 Å². The third-order valence-electron chi connectivity index (χ3n) is 4.78. The topological polar surface area (TPSA) is 85.7 Å². The molecule has 0 saturated heterocycles. The predicted octanol–water partition coefficient (Wildman–Crippen LogP) is 4.03. The van der Waals surface area contributed by atoms with Gasteiger partial charge in [0.15, 0.2) is 0 Å². The standard InChI is InChI=1S/C24H14N4O2.Pt/c29-23(17-5-1-3-13-25-17)19-11-9-15-7-8-16-10-12-20(28-22(16)21(15)27-19)24(30)18-6-2-4-14-26-18;/h1-14H;. The third-order valence-corrected chi connectivity index (χ3v) is 4.78. The van der Waals surface area contributed by atoms with Crippen LogP contribution in [0.2, 0.25) is 0 Å². The fourth-order valence-electron chi connectivity index (χ4n) is 3.28. The minimum atomic E-state index is -0.268. The van der Waals surface area contributed by atoms with Crippen molar-refractivity contribution in [3.63, 3.8) is 0 Å². The van der Waals surface area contributed by atoms with Gasteiger partial charge >= 0.3 is 0 Å². The van der Waals surface area contributed by atoms with E-state index in [0.717, 1.165) is 10.8 Å². The summed E-state index contributed by atoms with van der Waals surface area (Å²) in [6.45, 7) is 0. The van der Waals surface area contributed by atoms with Crippen LogP contribution in [0, 0.1) is 0 Å². The number of hydrogen-bond donors (Lipinski definition) is 0. The quantitative estimate of drug-likeness (QED) is 0.234. The van der Waals surface area contributed by atoms with Gasteiger partial charge in [-0.15, -0.1) is 0 Å². The molecule has 0 aliphatic heterocycles. The van der Waals surface area contributed by atoms with Gasteiger partial charge in [-0.3, -0.25) is 19.6 Å². The summed E-state index contributed by atoms with van der Waals surface area (Å²) in [5, 5.41) is 1.66. The van der Waals surface area contributed by atoms with Gasteiger partial charge in [0.05, 0.1) is 11.0 Å². The first kappa shape index (κ1) is 20.6. The van der Waals surface area contributed by atoms with Gasteiger partial charge in [-0.2, -0.15) is 0 Å². The van der Waals surface area contributed by atoms with E-state index < -0.39 is 0 Å². The second kappa shape index (κ2) is 8.62. The molecule has 5 rings (SSSR count). The van der Waals surface area contributed by atoms with Crippen molar-refractivity contribution < 1.29 is 30.7 Å². The van der Waals surface area contributed by atoms with Crippen molar-refractivity contribution in [2.75, 3.05) is 0 Å². The molecule has 0 fully saturated rings. The Morgan fingerprint density at radius 3 is 1.32 bits per heavy atom. The SMILES string of the molecule is O=C(c1ccccn1)c1ccc2ccc3ccc(C(=O)c4ccccn4)nc3c2n1.[Pt]. The van der Waals surface area contributed by atoms with Crippen molar-refractivity contribution in [2.45, 2.75) is 0 Å². The number of aromatic nitrogens is 4. The van der Waals surface area contributed by atoms with Crippen LogP contribution >= 0.6 is 0 Å². The van der Waals surface area contributed by atoms with E-state index in [4.69, 9.17) is 0 Å². The average molecular weight is 585 g/mol. The Labute approximate surface area is 191 Å². The van der Waals surface area contributed by atoms with Gasteiger partial charge in [-0.25, -0.2) is 9.97 Å². The molecule has 0 saturated carbocycles. The van der Waals surface area contributed by atoms with Crippen molar-refractivity contribution >= 4 is 33.4 Å². The Morgan fingerprint density at radius 2 is 0.935 bits per heavy atom. The molecule has 1 aromatic carbocycles. The van der Waals surface area contributed by atoms with Crippen molar-refractivity contribution in [2.24, 2.45) is 0 Å². The molecular formula is C24H14N4O2Pt. The fourth-order valence-corrected chi connectivity index (χ4v) is 3.28. The fraction of sp³-hybridized carbons (Fsp3) is 0. The predicted molar refractivity (Wildman–Crippen MR) is 112 cm³/mol. The van der Waals surface area contributed by atoms with E-state index in [9.17, 15) is 9.59 Å². The Bertz CT molecular complexity index is 1310. The number of nitrogens with zero attached hydrogens (tertiary/aromatic N) is 4. The van der Waals surface area contributed by atoms with Crippen LogP contribution in [0.3, 0.4) is 0 Å². The second-order valence-electron chi connectivity index (χ2n) is 6.69. The first-order valence-electron chi connectivity index (χ1n) is 9.33. The molecule has 6 nitrogen and oxygen atoms in total. The maximum absolute atomic E-state index is 12.8. The van der Waals surface area contributed by atoms with Crippen LogP contribution in [-0.2, 0) is 21.1 Å². The summed E-state index contributed by atoms with van der Waals surface area (Å²) < 4.78 is 0. The number of ketones is 2. The molecule has 4 aromatic heterocycles. The number of carbonyl (C=O) groups excluding carboxylic acids is 2. The van der Waals surface area contributed by atoms with Crippen molar-refractivity contribution in [1.82, 2.24) is 19.9 Å². The van der Waals surface area contributed by atoms with Crippen LogP contribution in [0.4, 0.5) is 0 Å². The Balaban J connectivity index is 0.00000231. The van der Waals surface area contributed by atoms with Crippen molar-refractivity contribution in [3.05, 3.63) is 108 Å². The Hall–Kier alpha value is -3.63. The molecule has 0 atom stereocenters. The molecule has 4 heterocycles. The van der Waals surface area contributed by atoms with E-state index >= 15 is 0 Å². The molecule has 5 aromatic rings. The van der Waals surface area contributed by atoms with E-state index in [2.05, 4.69) is 19.9 Å². The van der Waals surface area contributed by atoms with Crippen LogP contribution in [-0.4, -0.2) is 31.5 Å². The number of fused-ring (bicyclic) bond motifs is 3. The minimum absolute atomic E-state index is 0. The van der Waals surface area contributed by atoms with E-state index in [-0.39, 0.29) is 44.0 Å². The molecule has 0 unspecified atom stereocenters. The molecule has 152 valence electrons. The molecular weight excluding hydrogens is 571 g/mol. The van der Waals surface area contributed by atoms with Crippen LogP contribution < -0.4 is 0 Å². The summed E-state index contributed by atoms with van der Waals surface area (Å²) in [7, 11) is 0. The van der Waals surface area contributed by atoms with E-state index in [0.29, 0.717) is 22.4 Å².